The predicted molar refractivity (Wildman–Crippen MR) is 217 cm³/mol. The number of aliphatic hydroxyl groups excluding tert-OH is 1. The van der Waals surface area contributed by atoms with Crippen molar-refractivity contribution in [1.82, 2.24) is 9.97 Å². The van der Waals surface area contributed by atoms with Crippen LogP contribution in [0.3, 0.4) is 0 Å². The van der Waals surface area contributed by atoms with Crippen molar-refractivity contribution >= 4 is 55.9 Å². The zero-order valence-electron chi connectivity index (χ0n) is 30.8. The fourth-order valence-electron chi connectivity index (χ4n) is 6.25. The fraction of sp³-hybridized carbons (Fsp3) is 0.295. The van der Waals surface area contributed by atoms with E-state index in [0.29, 0.717) is 0 Å². The summed E-state index contributed by atoms with van der Waals surface area (Å²) in [7, 11) is 0. The van der Waals surface area contributed by atoms with Gasteiger partial charge in [-0.25, -0.2) is 0 Å². The first-order valence-corrected chi connectivity index (χ1v) is 26.1. The Morgan fingerprint density at radius 1 is 0.804 bits per heavy atom. The summed E-state index contributed by atoms with van der Waals surface area (Å²) in [4.78, 5) is 21.9. The summed E-state index contributed by atoms with van der Waals surface area (Å²) in [6.07, 6.45) is 4.91. The third-order valence-corrected chi connectivity index (χ3v) is 14.8. The Morgan fingerprint density at radius 2 is 1.41 bits per heavy atom. The Labute approximate surface area is 324 Å². The summed E-state index contributed by atoms with van der Waals surface area (Å²) in [5, 5.41) is 12.0. The van der Waals surface area contributed by atoms with Gasteiger partial charge in [-0.05, 0) is 25.7 Å². The number of carbonyl (C=O) groups is 1. The molecule has 2 heterocycles. The number of aliphatic hydroxyl groups is 1. The molecule has 6 rings (SSSR count). The van der Waals surface area contributed by atoms with E-state index < -0.39 is 13.3 Å². The summed E-state index contributed by atoms with van der Waals surface area (Å²) in [5.41, 5.74) is 7.40. The largest absolute Gasteiger partial charge is 0 e. The SMILES string of the molecule is CCC(CC)C(=O)/C=C(\O)C(CC)CC.[CH3][Ge]([CH3])([CH3])[c]1ccc2nc(-c3[c-]ccc4sc(-c5ccccc5)nc34)cc(-c3ccccc3)c2c1.[Ir]. The Bertz CT molecular complexity index is 2080. The molecule has 0 bridgehead atoms. The number of carbonyl (C=O) groups excluding carboxylic acids is 1. The minimum absolute atomic E-state index is 0. The molecule has 0 amide bonds. The maximum absolute atomic E-state index is 11.7. The van der Waals surface area contributed by atoms with E-state index in [1.165, 1.54) is 27.0 Å². The van der Waals surface area contributed by atoms with Gasteiger partial charge in [0.05, 0.1) is 5.76 Å². The van der Waals surface area contributed by atoms with Crippen LogP contribution in [0.5, 0.6) is 0 Å². The molecule has 51 heavy (non-hydrogen) atoms. The van der Waals surface area contributed by atoms with Gasteiger partial charge in [0, 0.05) is 38.0 Å². The van der Waals surface area contributed by atoms with Crippen LogP contribution in [0.1, 0.15) is 53.4 Å². The summed E-state index contributed by atoms with van der Waals surface area (Å²) in [6, 6.07) is 37.7. The fourth-order valence-corrected chi connectivity index (χ4v) is 9.66. The molecule has 0 saturated carbocycles. The number of ketones is 1. The Kier molecular flexibility index (Phi) is 14.5. The number of hydrogen-bond acceptors (Lipinski definition) is 5. The van der Waals surface area contributed by atoms with Crippen LogP contribution in [0.25, 0.3) is 54.1 Å². The number of thiazole rings is 1. The average Bonchev–Trinajstić information content (AvgIpc) is 3.57. The molecule has 0 unspecified atom stereocenters. The van der Waals surface area contributed by atoms with Crippen LogP contribution in [-0.2, 0) is 24.9 Å². The first kappa shape index (κ1) is 40.4. The van der Waals surface area contributed by atoms with Crippen molar-refractivity contribution in [3.05, 3.63) is 115 Å². The second-order valence-electron chi connectivity index (χ2n) is 13.9. The molecule has 0 saturated heterocycles. The number of rotatable bonds is 11. The van der Waals surface area contributed by atoms with Crippen LogP contribution in [0, 0.1) is 17.9 Å². The maximum atomic E-state index is 11.7. The van der Waals surface area contributed by atoms with E-state index >= 15 is 0 Å². The van der Waals surface area contributed by atoms with Crippen molar-refractivity contribution in [2.24, 2.45) is 11.8 Å². The smallest absolute Gasteiger partial charge is 0 e. The van der Waals surface area contributed by atoms with Crippen LogP contribution >= 0.6 is 11.3 Å². The van der Waals surface area contributed by atoms with Gasteiger partial charge >= 0.3 is 195 Å². The second kappa shape index (κ2) is 18.4. The Balaban J connectivity index is 0.000000312. The third-order valence-electron chi connectivity index (χ3n) is 9.47. The van der Waals surface area contributed by atoms with Crippen molar-refractivity contribution < 1.29 is 30.0 Å². The normalized spacial score (nSPS) is 11.8. The monoisotopic (exact) mass is 936 g/mol. The Hall–Kier alpha value is -3.42. The molecule has 7 heteroatoms. The molecule has 0 aliphatic rings. The molecule has 1 radical (unpaired) electrons. The number of fused-ring (bicyclic) bond motifs is 2. The van der Waals surface area contributed by atoms with Gasteiger partial charge in [-0.1, -0.05) is 45.9 Å². The third kappa shape index (κ3) is 9.72. The molecule has 0 spiro atoms. The van der Waals surface area contributed by atoms with Crippen LogP contribution in [0.4, 0.5) is 0 Å². The standard InChI is InChI=1S/C31H25GeN2S.C13H24O2.Ir/c1-32(2,3)23-17-18-27-26(19-23)25(21-11-6-4-7-12-21)20-28(33-27)24-15-10-16-29-30(24)34-31(35-29)22-13-8-5-9-14-22;1-5-10(6-2)12(14)9-13(15)11(7-3)8-4;/h4-14,16-20H,1-3H3;9-11,14H,5-8H2,1-4H3;/q-1;;/b;12-9-;. The van der Waals surface area contributed by atoms with Crippen LogP contribution < -0.4 is 4.40 Å². The molecule has 2 aromatic heterocycles. The van der Waals surface area contributed by atoms with Crippen LogP contribution in [0.2, 0.25) is 17.3 Å². The van der Waals surface area contributed by atoms with E-state index in [1.807, 2.05) is 39.8 Å². The summed E-state index contributed by atoms with van der Waals surface area (Å²) >= 11 is -0.278. The molecule has 0 aliphatic carbocycles. The molecular formula is C44H49GeIrN2O2S-. The number of nitrogens with zero attached hydrogens (tertiary/aromatic N) is 2. The van der Waals surface area contributed by atoms with Crippen molar-refractivity contribution in [3.63, 3.8) is 0 Å². The first-order valence-electron chi connectivity index (χ1n) is 17.9. The predicted octanol–water partition coefficient (Wildman–Crippen LogP) is 12.1. The molecule has 1 N–H and O–H groups in total. The van der Waals surface area contributed by atoms with E-state index in [9.17, 15) is 9.90 Å². The van der Waals surface area contributed by atoms with Gasteiger partial charge in [0.2, 0.25) is 0 Å². The number of hydrogen-bond donors (Lipinski definition) is 1. The second-order valence-corrected chi connectivity index (χ2v) is 25.5. The zero-order chi connectivity index (χ0) is 35.8. The zero-order valence-corrected chi connectivity index (χ0v) is 36.1. The van der Waals surface area contributed by atoms with Gasteiger partial charge in [-0.2, -0.15) is 0 Å². The van der Waals surface area contributed by atoms with Gasteiger partial charge in [-0.15, -0.1) is 0 Å². The number of aromatic nitrogens is 2. The molecule has 4 aromatic carbocycles. The van der Waals surface area contributed by atoms with Crippen molar-refractivity contribution in [2.45, 2.75) is 70.6 Å². The van der Waals surface area contributed by atoms with Gasteiger partial charge in [0.15, 0.2) is 5.78 Å². The van der Waals surface area contributed by atoms with Crippen molar-refractivity contribution in [3.8, 4) is 33.0 Å². The average molecular weight is 935 g/mol. The topological polar surface area (TPSA) is 63.1 Å². The number of allylic oxidation sites excluding steroid dienone is 2. The molecule has 0 aliphatic heterocycles. The van der Waals surface area contributed by atoms with Gasteiger partial charge in [-0.3, -0.25) is 4.79 Å². The van der Waals surface area contributed by atoms with E-state index in [-0.39, 0.29) is 43.5 Å². The van der Waals surface area contributed by atoms with E-state index in [4.69, 9.17) is 9.97 Å². The number of benzene rings is 4. The van der Waals surface area contributed by atoms with E-state index in [0.717, 1.165) is 63.2 Å². The molecular weight excluding hydrogens is 885 g/mol. The summed E-state index contributed by atoms with van der Waals surface area (Å²) in [6.45, 7) is 8.07. The maximum Gasteiger partial charge on any atom is 0 e. The van der Waals surface area contributed by atoms with E-state index in [1.54, 1.807) is 11.3 Å². The molecule has 4 nitrogen and oxygen atoms in total. The molecule has 0 fully saturated rings. The van der Waals surface area contributed by atoms with E-state index in [2.05, 4.69) is 108 Å². The summed E-state index contributed by atoms with van der Waals surface area (Å²) < 4.78 is 2.64. The van der Waals surface area contributed by atoms with Crippen molar-refractivity contribution in [2.75, 3.05) is 0 Å². The molecule has 0 atom stereocenters. The molecule has 267 valence electrons. The number of pyridine rings is 1. The van der Waals surface area contributed by atoms with Crippen LogP contribution in [-0.4, -0.2) is 34.1 Å². The Morgan fingerprint density at radius 3 is 2.00 bits per heavy atom. The minimum Gasteiger partial charge on any atom is 0 e. The quantitative estimate of drug-likeness (QED) is 0.0608. The first-order chi connectivity index (χ1) is 24.1. The van der Waals surface area contributed by atoms with Gasteiger partial charge in [0.1, 0.15) is 0 Å². The van der Waals surface area contributed by atoms with Gasteiger partial charge < -0.3 is 5.11 Å². The minimum atomic E-state index is -1.99. The summed E-state index contributed by atoms with van der Waals surface area (Å²) in [5.74, 6) is 7.86. The van der Waals surface area contributed by atoms with Crippen molar-refractivity contribution in [1.29, 1.82) is 0 Å². The van der Waals surface area contributed by atoms with Crippen LogP contribution in [0.15, 0.2) is 109 Å². The van der Waals surface area contributed by atoms with Gasteiger partial charge in [0.25, 0.3) is 0 Å². The molecule has 6 aromatic rings.